The zero-order valence-corrected chi connectivity index (χ0v) is 16.0. The highest BCUT2D eigenvalue weighted by atomic mass is 127. The van der Waals surface area contributed by atoms with Gasteiger partial charge in [0.2, 0.25) is 0 Å². The summed E-state index contributed by atoms with van der Waals surface area (Å²) in [4.78, 5) is 0. The minimum absolute atomic E-state index is 0.0385. The Labute approximate surface area is 158 Å². The summed E-state index contributed by atoms with van der Waals surface area (Å²) in [5, 5.41) is 0. The molecule has 140 valence electrons. The van der Waals surface area contributed by atoms with E-state index in [1.165, 1.54) is 25.7 Å². The average Bonchev–Trinajstić information content (AvgIpc) is 2.54. The Hall–Kier alpha value is -0.400. The van der Waals surface area contributed by atoms with Crippen LogP contribution in [0.1, 0.15) is 68.4 Å². The molecule has 0 radical (unpaired) electrons. The molecule has 0 nitrogen and oxygen atoms in total. The Balaban J connectivity index is 1.65. The topological polar surface area (TPSA) is 0 Å². The fourth-order valence-electron chi connectivity index (χ4n) is 4.57. The molecule has 0 bridgehead atoms. The van der Waals surface area contributed by atoms with Crippen molar-refractivity contribution in [2.75, 3.05) is 0 Å². The molecular weight excluding hydrogens is 450 g/mol. The number of benzene rings is 1. The van der Waals surface area contributed by atoms with E-state index < -0.39 is 23.4 Å². The van der Waals surface area contributed by atoms with Gasteiger partial charge in [0.25, 0.3) is 0 Å². The second kappa shape index (κ2) is 7.69. The van der Waals surface area contributed by atoms with Crippen LogP contribution >= 0.6 is 22.6 Å². The van der Waals surface area contributed by atoms with Crippen LogP contribution in [-0.4, -0.2) is 3.92 Å². The van der Waals surface area contributed by atoms with E-state index in [9.17, 15) is 22.0 Å². The van der Waals surface area contributed by atoms with Gasteiger partial charge in [0, 0.05) is 3.92 Å². The van der Waals surface area contributed by atoms with Gasteiger partial charge in [0.15, 0.2) is 0 Å². The van der Waals surface area contributed by atoms with Crippen molar-refractivity contribution in [2.45, 2.75) is 67.4 Å². The predicted octanol–water partition coefficient (Wildman–Crippen LogP) is 7.25. The molecule has 2 aliphatic rings. The lowest BCUT2D eigenvalue weighted by molar-refractivity contribution is -0.142. The van der Waals surface area contributed by atoms with Gasteiger partial charge in [-0.1, -0.05) is 22.6 Å². The Kier molecular flexibility index (Phi) is 5.95. The quantitative estimate of drug-likeness (QED) is 0.242. The van der Waals surface area contributed by atoms with Crippen LogP contribution in [0.15, 0.2) is 12.1 Å². The first-order valence-corrected chi connectivity index (χ1v) is 10.2. The van der Waals surface area contributed by atoms with E-state index in [0.29, 0.717) is 11.5 Å². The number of rotatable bonds is 2. The monoisotopic (exact) mass is 472 g/mol. The Morgan fingerprint density at radius 3 is 1.64 bits per heavy atom. The fourth-order valence-corrected chi connectivity index (χ4v) is 5.29. The van der Waals surface area contributed by atoms with Crippen LogP contribution in [0, 0.1) is 23.5 Å². The molecule has 0 aromatic heterocycles. The molecule has 0 unspecified atom stereocenters. The second-order valence-corrected chi connectivity index (χ2v) is 9.24. The van der Waals surface area contributed by atoms with Crippen molar-refractivity contribution in [3.05, 3.63) is 34.9 Å². The van der Waals surface area contributed by atoms with Crippen molar-refractivity contribution in [3.63, 3.8) is 0 Å². The summed E-state index contributed by atoms with van der Waals surface area (Å²) in [7, 11) is 0. The minimum Gasteiger partial charge on any atom is -0.206 e. The molecule has 3 rings (SSSR count). The van der Waals surface area contributed by atoms with Gasteiger partial charge >= 0.3 is 6.18 Å². The highest BCUT2D eigenvalue weighted by Crippen LogP contribution is 2.44. The van der Waals surface area contributed by atoms with Crippen molar-refractivity contribution >= 4 is 22.6 Å². The number of halogens is 6. The molecule has 2 saturated carbocycles. The van der Waals surface area contributed by atoms with Gasteiger partial charge < -0.3 is 0 Å². The summed E-state index contributed by atoms with van der Waals surface area (Å²) in [6.07, 6.45) is 3.66. The van der Waals surface area contributed by atoms with E-state index in [1.54, 1.807) is 0 Å². The lowest BCUT2D eigenvalue weighted by Gasteiger charge is -2.37. The molecule has 0 atom stereocenters. The molecule has 2 fully saturated rings. The van der Waals surface area contributed by atoms with Crippen LogP contribution in [0.3, 0.4) is 0 Å². The summed E-state index contributed by atoms with van der Waals surface area (Å²) in [5.74, 6) is -1.63. The zero-order chi connectivity index (χ0) is 18.2. The van der Waals surface area contributed by atoms with Crippen molar-refractivity contribution in [2.24, 2.45) is 11.8 Å². The fraction of sp³-hybridized carbons (Fsp3) is 0.684. The molecule has 1 aromatic carbocycles. The van der Waals surface area contributed by atoms with Gasteiger partial charge in [-0.3, -0.25) is 0 Å². The molecule has 1 aromatic rings. The lowest BCUT2D eigenvalue weighted by atomic mass is 9.70. The highest BCUT2D eigenvalue weighted by Gasteiger charge is 2.38. The zero-order valence-electron chi connectivity index (χ0n) is 13.9. The molecule has 0 saturated heterocycles. The maximum absolute atomic E-state index is 13.8. The molecule has 0 amide bonds. The number of hydrogen-bond acceptors (Lipinski definition) is 0. The summed E-state index contributed by atoms with van der Waals surface area (Å²) >= 11 is 2.51. The maximum atomic E-state index is 13.8. The van der Waals surface area contributed by atoms with Crippen LogP contribution in [-0.2, 0) is 6.18 Å². The molecular formula is C19H22F5I. The van der Waals surface area contributed by atoms with Gasteiger partial charge in [-0.15, -0.1) is 0 Å². The van der Waals surface area contributed by atoms with Gasteiger partial charge in [0.05, 0.1) is 0 Å². The normalized spacial score (nSPS) is 31.1. The van der Waals surface area contributed by atoms with Gasteiger partial charge in [0.1, 0.15) is 17.2 Å². The number of alkyl halides is 4. The maximum Gasteiger partial charge on any atom is 0.422 e. The van der Waals surface area contributed by atoms with E-state index in [2.05, 4.69) is 22.6 Å². The Morgan fingerprint density at radius 1 is 0.760 bits per heavy atom. The van der Waals surface area contributed by atoms with Crippen molar-refractivity contribution < 1.29 is 22.0 Å². The third-order valence-electron chi connectivity index (χ3n) is 5.96. The van der Waals surface area contributed by atoms with Crippen LogP contribution in [0.4, 0.5) is 22.0 Å². The van der Waals surface area contributed by atoms with Crippen LogP contribution < -0.4 is 0 Å². The molecule has 0 spiro atoms. The second-order valence-electron chi connectivity index (χ2n) is 7.48. The number of hydrogen-bond donors (Lipinski definition) is 0. The summed E-state index contributed by atoms with van der Waals surface area (Å²) in [5.41, 5.74) is -1.40. The summed E-state index contributed by atoms with van der Waals surface area (Å²) in [6, 6.07) is 1.77. The lowest BCUT2D eigenvalue weighted by Crippen LogP contribution is -2.25. The van der Waals surface area contributed by atoms with E-state index >= 15 is 0 Å². The first-order valence-electron chi connectivity index (χ1n) is 8.96. The van der Waals surface area contributed by atoms with Gasteiger partial charge in [-0.2, -0.15) is 13.2 Å². The molecule has 0 aliphatic heterocycles. The van der Waals surface area contributed by atoms with E-state index in [4.69, 9.17) is 0 Å². The van der Waals surface area contributed by atoms with Crippen LogP contribution in [0.2, 0.25) is 0 Å². The van der Waals surface area contributed by atoms with E-state index in [-0.39, 0.29) is 5.92 Å². The van der Waals surface area contributed by atoms with Gasteiger partial charge in [-0.05, 0) is 86.8 Å². The standard InChI is InChI=1S/C19H22F5I/c20-16-9-14(10-17(21)18(16)19(22,23)24)13-3-1-11(2-4-13)12-5-7-15(25)8-6-12/h9-13,15H,1-8H2. The summed E-state index contributed by atoms with van der Waals surface area (Å²) in [6.45, 7) is 0. The van der Waals surface area contributed by atoms with Gasteiger partial charge in [-0.25, -0.2) is 8.78 Å². The minimum atomic E-state index is -5.00. The third kappa shape index (κ3) is 4.48. The van der Waals surface area contributed by atoms with E-state index in [1.807, 2.05) is 0 Å². The van der Waals surface area contributed by atoms with Crippen LogP contribution in [0.5, 0.6) is 0 Å². The van der Waals surface area contributed by atoms with Crippen molar-refractivity contribution in [3.8, 4) is 0 Å². The third-order valence-corrected chi connectivity index (χ3v) is 7.20. The molecule has 2 aliphatic carbocycles. The Morgan fingerprint density at radius 2 is 1.20 bits per heavy atom. The molecule has 0 heterocycles. The van der Waals surface area contributed by atoms with Crippen LogP contribution in [0.25, 0.3) is 0 Å². The molecule has 0 N–H and O–H groups in total. The average molecular weight is 472 g/mol. The highest BCUT2D eigenvalue weighted by molar-refractivity contribution is 14.1. The smallest absolute Gasteiger partial charge is 0.206 e. The molecule has 25 heavy (non-hydrogen) atoms. The largest absolute Gasteiger partial charge is 0.422 e. The SMILES string of the molecule is Fc1cc(C2CCC(C3CCC(I)CC3)CC2)cc(F)c1C(F)(F)F. The van der Waals surface area contributed by atoms with Crippen molar-refractivity contribution in [1.82, 2.24) is 0 Å². The first-order chi connectivity index (χ1) is 11.8. The predicted molar refractivity (Wildman–Crippen MR) is 95.8 cm³/mol. The summed E-state index contributed by atoms with van der Waals surface area (Å²) < 4.78 is 66.5. The van der Waals surface area contributed by atoms with Crippen molar-refractivity contribution in [1.29, 1.82) is 0 Å². The molecule has 6 heteroatoms. The Bertz CT molecular complexity index is 573. The van der Waals surface area contributed by atoms with E-state index in [0.717, 1.165) is 47.7 Å². The first kappa shape index (κ1) is 19.4.